The second-order valence-corrected chi connectivity index (χ2v) is 14.9. The van der Waals surface area contributed by atoms with Crippen LogP contribution in [-0.2, 0) is 0 Å². The quantitative estimate of drug-likeness (QED) is 0.164. The largest absolute Gasteiger partial charge is 0.371 e. The number of carbonyl (C=O) groups excluding carboxylic acids is 1. The van der Waals surface area contributed by atoms with Crippen LogP contribution in [0.25, 0.3) is 33.4 Å². The molecule has 2 N–H and O–H groups in total. The van der Waals surface area contributed by atoms with Crippen molar-refractivity contribution in [3.8, 4) is 22.5 Å². The standard InChI is InChI=1S/C41H41Cl2N7O/c1-26(28-13-15-30(42)16-14-28)50-25-45-36(29-10-7-6-8-11-29)38(50)35-32-18-17-31(43)24-34(32)46-37(35)40(51)47-33-12-9-19-44-39(33)49-22-20-48(21-23-49)27(2)41(3,4)5/h6-19,24-26,46H,2,20-23H2,1,3-5H3,(H,47,51). The molecule has 0 spiro atoms. The number of fused-ring (bicyclic) bond motifs is 1. The summed E-state index contributed by atoms with van der Waals surface area (Å²) in [6.45, 7) is 16.2. The molecule has 260 valence electrons. The van der Waals surface area contributed by atoms with Gasteiger partial charge in [-0.3, -0.25) is 4.79 Å². The molecule has 6 aromatic rings. The van der Waals surface area contributed by atoms with Gasteiger partial charge in [-0.15, -0.1) is 0 Å². The summed E-state index contributed by atoms with van der Waals surface area (Å²) >= 11 is 12.8. The number of hydrogen-bond donors (Lipinski definition) is 2. The lowest BCUT2D eigenvalue weighted by atomic mass is 9.91. The van der Waals surface area contributed by atoms with Crippen LogP contribution in [0.15, 0.2) is 110 Å². The van der Waals surface area contributed by atoms with Gasteiger partial charge >= 0.3 is 0 Å². The van der Waals surface area contributed by atoms with Crippen LogP contribution in [0, 0.1) is 5.41 Å². The van der Waals surface area contributed by atoms with Crippen LogP contribution in [0.2, 0.25) is 10.0 Å². The molecule has 1 amide bonds. The highest BCUT2D eigenvalue weighted by Gasteiger charge is 2.30. The minimum Gasteiger partial charge on any atom is -0.371 e. The predicted molar refractivity (Wildman–Crippen MR) is 210 cm³/mol. The first kappa shape index (κ1) is 34.4. The van der Waals surface area contributed by atoms with E-state index in [1.54, 1.807) is 6.20 Å². The number of benzene rings is 3. The number of aromatic amines is 1. The highest BCUT2D eigenvalue weighted by atomic mass is 35.5. The zero-order chi connectivity index (χ0) is 35.9. The van der Waals surface area contributed by atoms with Crippen molar-refractivity contribution in [2.75, 3.05) is 36.4 Å². The molecule has 1 aliphatic rings. The Morgan fingerprint density at radius 2 is 1.61 bits per heavy atom. The van der Waals surface area contributed by atoms with E-state index in [9.17, 15) is 4.79 Å². The maximum Gasteiger partial charge on any atom is 0.272 e. The summed E-state index contributed by atoms with van der Waals surface area (Å²) in [7, 11) is 0. The number of H-pyrrole nitrogens is 1. The van der Waals surface area contributed by atoms with Crippen LogP contribution in [0.5, 0.6) is 0 Å². The fourth-order valence-corrected chi connectivity index (χ4v) is 7.09. The molecule has 0 radical (unpaired) electrons. The number of nitrogens with zero attached hydrogens (tertiary/aromatic N) is 5. The molecule has 4 heterocycles. The molecule has 51 heavy (non-hydrogen) atoms. The minimum absolute atomic E-state index is 0.00379. The second-order valence-electron chi connectivity index (χ2n) is 14.0. The van der Waals surface area contributed by atoms with E-state index in [4.69, 9.17) is 33.2 Å². The first-order valence-electron chi connectivity index (χ1n) is 17.1. The third-order valence-electron chi connectivity index (χ3n) is 9.70. The second kappa shape index (κ2) is 13.9. The topological polar surface area (TPSA) is 82.1 Å². The number of halogens is 2. The molecule has 1 atom stereocenters. The Balaban J connectivity index is 1.31. The first-order valence-corrected chi connectivity index (χ1v) is 17.9. The number of carbonyl (C=O) groups is 1. The summed E-state index contributed by atoms with van der Waals surface area (Å²) in [5, 5.41) is 5.31. The molecule has 1 fully saturated rings. The average molecular weight is 719 g/mol. The van der Waals surface area contributed by atoms with E-state index in [-0.39, 0.29) is 17.4 Å². The highest BCUT2D eigenvalue weighted by molar-refractivity contribution is 6.31. The maximum absolute atomic E-state index is 14.6. The molecule has 1 unspecified atom stereocenters. The smallest absolute Gasteiger partial charge is 0.272 e. The third kappa shape index (κ3) is 6.86. The number of nitrogens with one attached hydrogen (secondary N) is 2. The molecule has 3 aromatic heterocycles. The number of allylic oxidation sites excluding steroid dienone is 1. The molecule has 1 saturated heterocycles. The lowest BCUT2D eigenvalue weighted by Gasteiger charge is -2.41. The number of pyridine rings is 1. The van der Waals surface area contributed by atoms with Crippen molar-refractivity contribution in [2.24, 2.45) is 5.41 Å². The number of amides is 1. The van der Waals surface area contributed by atoms with Gasteiger partial charge in [0.1, 0.15) is 5.69 Å². The lowest BCUT2D eigenvalue weighted by Crippen LogP contribution is -2.47. The fraction of sp³-hybridized carbons (Fsp3) is 0.244. The van der Waals surface area contributed by atoms with E-state index in [2.05, 4.69) is 58.9 Å². The van der Waals surface area contributed by atoms with Gasteiger partial charge in [0.2, 0.25) is 0 Å². The molecule has 0 aliphatic carbocycles. The van der Waals surface area contributed by atoms with Crippen molar-refractivity contribution >= 4 is 51.5 Å². The lowest BCUT2D eigenvalue weighted by molar-refractivity contribution is 0.102. The molecular formula is C41H41Cl2N7O. The van der Waals surface area contributed by atoms with E-state index in [0.717, 1.165) is 76.7 Å². The highest BCUT2D eigenvalue weighted by Crippen LogP contribution is 2.42. The summed E-state index contributed by atoms with van der Waals surface area (Å²) in [5.74, 6) is 0.441. The molecule has 0 saturated carbocycles. The molecule has 7 rings (SSSR count). The van der Waals surface area contributed by atoms with Crippen molar-refractivity contribution in [1.29, 1.82) is 0 Å². The molecule has 0 bridgehead atoms. The van der Waals surface area contributed by atoms with Gasteiger partial charge in [0, 0.05) is 75.6 Å². The van der Waals surface area contributed by atoms with Crippen molar-refractivity contribution in [3.63, 3.8) is 0 Å². The maximum atomic E-state index is 14.6. The van der Waals surface area contributed by atoms with E-state index in [0.29, 0.717) is 21.4 Å². The van der Waals surface area contributed by atoms with E-state index in [1.807, 2.05) is 91.3 Å². The minimum atomic E-state index is -0.294. The number of piperazine rings is 1. The monoisotopic (exact) mass is 717 g/mol. The predicted octanol–water partition coefficient (Wildman–Crippen LogP) is 9.94. The molecule has 8 nitrogen and oxygen atoms in total. The zero-order valence-electron chi connectivity index (χ0n) is 29.3. The van der Waals surface area contributed by atoms with E-state index >= 15 is 0 Å². The Bertz CT molecular complexity index is 2210. The van der Waals surface area contributed by atoms with Crippen LogP contribution in [0.4, 0.5) is 11.5 Å². The van der Waals surface area contributed by atoms with E-state index in [1.165, 1.54) is 0 Å². The van der Waals surface area contributed by atoms with Crippen LogP contribution in [0.3, 0.4) is 0 Å². The number of hydrogen-bond acceptors (Lipinski definition) is 5. The summed E-state index contributed by atoms with van der Waals surface area (Å²) in [6, 6.07) is 27.1. The van der Waals surface area contributed by atoms with Gasteiger partial charge in [-0.2, -0.15) is 0 Å². The summed E-state index contributed by atoms with van der Waals surface area (Å²) in [4.78, 5) is 32.3. The molecular weight excluding hydrogens is 677 g/mol. The van der Waals surface area contributed by atoms with Gasteiger partial charge in [0.05, 0.1) is 29.4 Å². The van der Waals surface area contributed by atoms with Crippen molar-refractivity contribution < 1.29 is 4.79 Å². The number of aromatic nitrogens is 4. The van der Waals surface area contributed by atoms with Crippen LogP contribution in [-0.4, -0.2) is 56.5 Å². The molecule has 3 aromatic carbocycles. The van der Waals surface area contributed by atoms with Gasteiger partial charge in [-0.25, -0.2) is 9.97 Å². The Hall–Kier alpha value is -5.05. The summed E-state index contributed by atoms with van der Waals surface area (Å²) in [6.07, 6.45) is 3.62. The Morgan fingerprint density at radius 1 is 0.902 bits per heavy atom. The van der Waals surface area contributed by atoms with Crippen LogP contribution in [0.1, 0.15) is 49.8 Å². The van der Waals surface area contributed by atoms with Gasteiger partial charge in [-0.1, -0.05) is 99.1 Å². The summed E-state index contributed by atoms with van der Waals surface area (Å²) in [5.41, 5.74) is 7.20. The SMILES string of the molecule is C=C(N1CCN(c2ncccc2NC(=O)c2[nH]c3cc(Cl)ccc3c2-c2c(-c3ccccc3)ncn2C(C)c2ccc(Cl)cc2)CC1)C(C)(C)C. The van der Waals surface area contributed by atoms with Crippen molar-refractivity contribution in [1.82, 2.24) is 24.4 Å². The Kier molecular flexibility index (Phi) is 9.40. The third-order valence-corrected chi connectivity index (χ3v) is 10.2. The zero-order valence-corrected chi connectivity index (χ0v) is 30.8. The Morgan fingerprint density at radius 3 is 2.31 bits per heavy atom. The number of anilines is 2. The molecule has 10 heteroatoms. The first-order chi connectivity index (χ1) is 24.5. The normalized spacial score (nSPS) is 14.2. The fourth-order valence-electron chi connectivity index (χ4n) is 6.79. The van der Waals surface area contributed by atoms with Crippen molar-refractivity contribution in [3.05, 3.63) is 131 Å². The van der Waals surface area contributed by atoms with E-state index < -0.39 is 0 Å². The number of imidazole rings is 1. The van der Waals surface area contributed by atoms with Crippen LogP contribution >= 0.6 is 23.2 Å². The van der Waals surface area contributed by atoms with Gasteiger partial charge in [-0.05, 0) is 48.9 Å². The van der Waals surface area contributed by atoms with Crippen LogP contribution < -0.4 is 10.2 Å². The van der Waals surface area contributed by atoms with Gasteiger partial charge in [0.15, 0.2) is 5.82 Å². The average Bonchev–Trinajstić information content (AvgIpc) is 3.73. The van der Waals surface area contributed by atoms with Crippen molar-refractivity contribution in [2.45, 2.75) is 33.7 Å². The Labute approximate surface area is 308 Å². The van der Waals surface area contributed by atoms with Gasteiger partial charge in [0.25, 0.3) is 5.91 Å². The number of rotatable bonds is 8. The van der Waals surface area contributed by atoms with Gasteiger partial charge < -0.3 is 24.7 Å². The summed E-state index contributed by atoms with van der Waals surface area (Å²) < 4.78 is 2.13. The molecule has 1 aliphatic heterocycles.